The summed E-state index contributed by atoms with van der Waals surface area (Å²) in [6, 6.07) is 21.7. The lowest BCUT2D eigenvalue weighted by Crippen LogP contribution is -2.29. The molecule has 0 aliphatic heterocycles. The van der Waals surface area contributed by atoms with Gasteiger partial charge in [0.15, 0.2) is 6.20 Å². The molecular formula is C20H18N2O3S. The molecule has 26 heavy (non-hydrogen) atoms. The van der Waals surface area contributed by atoms with Crippen molar-refractivity contribution >= 4 is 23.4 Å². The van der Waals surface area contributed by atoms with Gasteiger partial charge in [-0.05, 0) is 35.5 Å². The van der Waals surface area contributed by atoms with Crippen molar-refractivity contribution in [2.45, 2.75) is 10.3 Å². The summed E-state index contributed by atoms with van der Waals surface area (Å²) in [5.74, 6) is 0.353. The van der Waals surface area contributed by atoms with E-state index in [-0.39, 0.29) is 5.91 Å². The molecule has 3 rings (SSSR count). The van der Waals surface area contributed by atoms with E-state index in [0.29, 0.717) is 16.5 Å². The molecule has 5 nitrogen and oxygen atoms in total. The minimum absolute atomic E-state index is 0.227. The highest BCUT2D eigenvalue weighted by molar-refractivity contribution is 8.00. The lowest BCUT2D eigenvalue weighted by molar-refractivity contribution is -0.645. The summed E-state index contributed by atoms with van der Waals surface area (Å²) in [6.07, 6.45) is 1.42. The van der Waals surface area contributed by atoms with Crippen LogP contribution < -0.4 is 14.8 Å². The van der Waals surface area contributed by atoms with Gasteiger partial charge in [-0.15, -0.1) is 0 Å². The number of anilines is 1. The molecule has 2 aromatic carbocycles. The van der Waals surface area contributed by atoms with Gasteiger partial charge < -0.3 is 15.3 Å². The van der Waals surface area contributed by atoms with E-state index < -0.39 is 5.25 Å². The summed E-state index contributed by atoms with van der Waals surface area (Å²) in [7, 11) is 1.55. The maximum atomic E-state index is 13.0. The second-order valence-corrected chi connectivity index (χ2v) is 6.59. The van der Waals surface area contributed by atoms with Crippen LogP contribution in [0.4, 0.5) is 5.69 Å². The average Bonchev–Trinajstić information content (AvgIpc) is 2.68. The fraction of sp³-hybridized carbons (Fsp3) is 0.100. The van der Waals surface area contributed by atoms with Crippen LogP contribution in [0.25, 0.3) is 0 Å². The second kappa shape index (κ2) is 8.40. The van der Waals surface area contributed by atoms with Crippen molar-refractivity contribution in [3.63, 3.8) is 0 Å². The third kappa shape index (κ3) is 4.15. The summed E-state index contributed by atoms with van der Waals surface area (Å²) >= 11 is 1.21. The number of nitrogens with zero attached hydrogens (tertiary/aromatic N) is 1. The number of carbonyl (C=O) groups is 1. The van der Waals surface area contributed by atoms with Crippen LogP contribution in [0, 0.1) is 5.21 Å². The number of rotatable bonds is 6. The first-order valence-electron chi connectivity index (χ1n) is 8.02. The lowest BCUT2D eigenvalue weighted by atomic mass is 10.1. The van der Waals surface area contributed by atoms with E-state index in [4.69, 9.17) is 4.74 Å². The first-order chi connectivity index (χ1) is 12.7. The summed E-state index contributed by atoms with van der Waals surface area (Å²) < 4.78 is 6.05. The number of benzene rings is 2. The summed E-state index contributed by atoms with van der Waals surface area (Å²) in [4.78, 5) is 13.0. The first-order valence-corrected chi connectivity index (χ1v) is 8.90. The lowest BCUT2D eigenvalue weighted by Gasteiger charge is -2.17. The van der Waals surface area contributed by atoms with Crippen molar-refractivity contribution in [3.8, 4) is 5.75 Å². The van der Waals surface area contributed by atoms with Crippen LogP contribution >= 0.6 is 11.8 Å². The number of ether oxygens (including phenoxy) is 1. The quantitative estimate of drug-likeness (QED) is 0.409. The molecule has 3 aromatic rings. The summed E-state index contributed by atoms with van der Waals surface area (Å²) in [5, 5.41) is 14.8. The Labute approximate surface area is 156 Å². The van der Waals surface area contributed by atoms with Crippen LogP contribution in [0.15, 0.2) is 84.0 Å². The van der Waals surface area contributed by atoms with Gasteiger partial charge in [-0.2, -0.15) is 4.73 Å². The third-order valence-electron chi connectivity index (χ3n) is 3.73. The Kier molecular flexibility index (Phi) is 5.76. The van der Waals surface area contributed by atoms with Gasteiger partial charge >= 0.3 is 0 Å². The maximum Gasteiger partial charge on any atom is 0.252 e. The predicted octanol–water partition coefficient (Wildman–Crippen LogP) is 3.80. The average molecular weight is 366 g/mol. The van der Waals surface area contributed by atoms with Crippen molar-refractivity contribution < 1.29 is 14.3 Å². The Morgan fingerprint density at radius 1 is 1.04 bits per heavy atom. The van der Waals surface area contributed by atoms with Crippen molar-refractivity contribution in [2.75, 3.05) is 12.4 Å². The van der Waals surface area contributed by atoms with Gasteiger partial charge in [0.25, 0.3) is 5.03 Å². The minimum atomic E-state index is -0.580. The highest BCUT2D eigenvalue weighted by Gasteiger charge is 2.26. The molecule has 0 fully saturated rings. The van der Waals surface area contributed by atoms with Crippen LogP contribution in [0.3, 0.4) is 0 Å². The third-order valence-corrected chi connectivity index (χ3v) is 5.01. The molecule has 1 N–H and O–H groups in total. The van der Waals surface area contributed by atoms with Crippen LogP contribution in [-0.4, -0.2) is 13.0 Å². The van der Waals surface area contributed by atoms with E-state index >= 15 is 0 Å². The Bertz CT molecular complexity index is 887. The topological polar surface area (TPSA) is 65.3 Å². The molecule has 0 spiro atoms. The Hall–Kier alpha value is -2.99. The summed E-state index contributed by atoms with van der Waals surface area (Å²) in [5.41, 5.74) is 1.40. The monoisotopic (exact) mass is 366 g/mol. The molecule has 6 heteroatoms. The number of pyridine rings is 1. The smallest absolute Gasteiger partial charge is 0.252 e. The molecule has 1 amide bonds. The Balaban J connectivity index is 1.90. The highest BCUT2D eigenvalue weighted by Crippen LogP contribution is 2.35. The Morgan fingerprint density at radius 3 is 2.46 bits per heavy atom. The van der Waals surface area contributed by atoms with Gasteiger partial charge in [0.2, 0.25) is 5.91 Å². The van der Waals surface area contributed by atoms with Gasteiger partial charge in [-0.3, -0.25) is 4.79 Å². The van der Waals surface area contributed by atoms with Gasteiger partial charge in [0.1, 0.15) is 11.0 Å². The van der Waals surface area contributed by atoms with E-state index in [1.807, 2.05) is 42.5 Å². The molecule has 132 valence electrons. The number of hydrogen-bond acceptors (Lipinski definition) is 4. The van der Waals surface area contributed by atoms with Crippen molar-refractivity contribution in [1.29, 1.82) is 0 Å². The predicted molar refractivity (Wildman–Crippen MR) is 102 cm³/mol. The molecule has 0 radical (unpaired) electrons. The molecule has 0 aliphatic rings. The van der Waals surface area contributed by atoms with Crippen LogP contribution in [-0.2, 0) is 4.79 Å². The number of thioether (sulfide) groups is 1. The second-order valence-electron chi connectivity index (χ2n) is 5.46. The van der Waals surface area contributed by atoms with Gasteiger partial charge in [0, 0.05) is 12.1 Å². The molecule has 1 heterocycles. The van der Waals surface area contributed by atoms with Crippen molar-refractivity contribution in [3.05, 3.63) is 89.8 Å². The van der Waals surface area contributed by atoms with Crippen LogP contribution in [0.1, 0.15) is 10.8 Å². The Morgan fingerprint density at radius 2 is 1.73 bits per heavy atom. The molecule has 0 bridgehead atoms. The van der Waals surface area contributed by atoms with E-state index in [9.17, 15) is 10.0 Å². The number of methoxy groups -OCH3 is 1. The van der Waals surface area contributed by atoms with Gasteiger partial charge in [-0.25, -0.2) is 0 Å². The zero-order chi connectivity index (χ0) is 18.4. The fourth-order valence-electron chi connectivity index (χ4n) is 2.47. The zero-order valence-corrected chi connectivity index (χ0v) is 15.0. The first kappa shape index (κ1) is 17.8. The number of carbonyl (C=O) groups excluding carboxylic acids is 1. The van der Waals surface area contributed by atoms with E-state index in [1.165, 1.54) is 18.0 Å². The summed E-state index contributed by atoms with van der Waals surface area (Å²) in [6.45, 7) is 0. The largest absolute Gasteiger partial charge is 0.618 e. The SMILES string of the molecule is COc1ccccc1NC(=O)C(Sc1cccc[n+]1[O-])c1ccccc1. The standard InChI is InChI=1S/C20H18N2O3S/c1-25-17-12-6-5-11-16(17)21-20(23)19(15-9-3-2-4-10-15)26-18-13-7-8-14-22(18)24/h2-14,19H,1H3,(H,21,23). The number of para-hydroxylation sites is 2. The number of aromatic nitrogens is 1. The molecular weight excluding hydrogens is 348 g/mol. The van der Waals surface area contributed by atoms with Gasteiger partial charge in [0.05, 0.1) is 12.8 Å². The molecule has 1 aromatic heterocycles. The minimum Gasteiger partial charge on any atom is -0.618 e. The van der Waals surface area contributed by atoms with E-state index in [1.54, 1.807) is 37.4 Å². The molecule has 1 unspecified atom stereocenters. The van der Waals surface area contributed by atoms with Crippen molar-refractivity contribution in [1.82, 2.24) is 0 Å². The van der Waals surface area contributed by atoms with Crippen LogP contribution in [0.5, 0.6) is 5.75 Å². The maximum absolute atomic E-state index is 13.0. The number of nitrogens with one attached hydrogen (secondary N) is 1. The number of amides is 1. The molecule has 0 saturated heterocycles. The normalized spacial score (nSPS) is 11.6. The zero-order valence-electron chi connectivity index (χ0n) is 14.2. The fourth-order valence-corrected chi connectivity index (χ4v) is 3.49. The highest BCUT2D eigenvalue weighted by atomic mass is 32.2. The van der Waals surface area contributed by atoms with Gasteiger partial charge in [-0.1, -0.05) is 42.5 Å². The number of hydrogen-bond donors (Lipinski definition) is 1. The van der Waals surface area contributed by atoms with Crippen LogP contribution in [0.2, 0.25) is 0 Å². The molecule has 0 aliphatic carbocycles. The molecule has 0 saturated carbocycles. The van der Waals surface area contributed by atoms with Crippen molar-refractivity contribution in [2.24, 2.45) is 0 Å². The van der Waals surface area contributed by atoms with E-state index in [0.717, 1.165) is 10.3 Å². The molecule has 1 atom stereocenters. The van der Waals surface area contributed by atoms with E-state index in [2.05, 4.69) is 5.32 Å².